The zero-order chi connectivity index (χ0) is 8.97. The van der Waals surface area contributed by atoms with Crippen LogP contribution >= 0.6 is 11.6 Å². The molecule has 1 atom stereocenters. The number of aliphatic hydroxyl groups excluding tert-OH is 1. The highest BCUT2D eigenvalue weighted by Crippen LogP contribution is 2.23. The minimum atomic E-state index is -0.571. The smallest absolute Gasteiger partial charge is 0.0839 e. The first-order chi connectivity index (χ1) is 5.75. The van der Waals surface area contributed by atoms with E-state index in [4.69, 9.17) is 11.6 Å². The molecule has 1 unspecified atom stereocenters. The molecule has 0 fully saturated rings. The average Bonchev–Trinajstić information content (AvgIpc) is 2.05. The highest BCUT2D eigenvalue weighted by Gasteiger charge is 2.08. The van der Waals surface area contributed by atoms with Gasteiger partial charge in [-0.15, -0.1) is 6.58 Å². The van der Waals surface area contributed by atoms with Crippen LogP contribution in [-0.2, 0) is 0 Å². The molecule has 0 saturated heterocycles. The fraction of sp³-hybridized carbons (Fsp3) is 0.222. The Morgan fingerprint density at radius 1 is 1.75 bits per heavy atom. The number of aromatic nitrogens is 1. The zero-order valence-electron chi connectivity index (χ0n) is 6.57. The molecular formula is C9H10ClNO. The van der Waals surface area contributed by atoms with Crippen LogP contribution < -0.4 is 0 Å². The van der Waals surface area contributed by atoms with Crippen LogP contribution in [0.1, 0.15) is 18.1 Å². The molecule has 0 amide bonds. The van der Waals surface area contributed by atoms with E-state index in [1.165, 1.54) is 6.20 Å². The third kappa shape index (κ3) is 2.06. The summed E-state index contributed by atoms with van der Waals surface area (Å²) in [6, 6.07) is 1.70. The van der Waals surface area contributed by atoms with Crippen molar-refractivity contribution in [1.82, 2.24) is 4.98 Å². The summed E-state index contributed by atoms with van der Waals surface area (Å²) in [6.07, 6.45) is 4.71. The Kier molecular flexibility index (Phi) is 3.26. The fourth-order valence-corrected chi connectivity index (χ4v) is 1.19. The van der Waals surface area contributed by atoms with Crippen LogP contribution in [0, 0.1) is 0 Å². The van der Waals surface area contributed by atoms with Crippen molar-refractivity contribution in [2.75, 3.05) is 0 Å². The van der Waals surface area contributed by atoms with Crippen molar-refractivity contribution in [3.8, 4) is 0 Å². The summed E-state index contributed by atoms with van der Waals surface area (Å²) in [5, 5.41) is 10.0. The molecule has 1 N–H and O–H groups in total. The van der Waals surface area contributed by atoms with Gasteiger partial charge in [-0.05, 0) is 12.5 Å². The molecule has 12 heavy (non-hydrogen) atoms. The molecule has 0 aliphatic carbocycles. The maximum atomic E-state index is 9.52. The van der Waals surface area contributed by atoms with Gasteiger partial charge in [0.2, 0.25) is 0 Å². The lowest BCUT2D eigenvalue weighted by Crippen LogP contribution is -1.96. The van der Waals surface area contributed by atoms with Gasteiger partial charge in [0.05, 0.1) is 11.1 Å². The van der Waals surface area contributed by atoms with Gasteiger partial charge in [-0.25, -0.2) is 0 Å². The molecule has 3 heteroatoms. The largest absolute Gasteiger partial charge is 0.388 e. The lowest BCUT2D eigenvalue weighted by molar-refractivity contribution is 0.181. The lowest BCUT2D eigenvalue weighted by Gasteiger charge is -2.08. The predicted octanol–water partition coefficient (Wildman–Crippen LogP) is 2.34. The summed E-state index contributed by atoms with van der Waals surface area (Å²) >= 11 is 5.80. The van der Waals surface area contributed by atoms with Crippen LogP contribution in [0.5, 0.6) is 0 Å². The fourth-order valence-electron chi connectivity index (χ4n) is 0.941. The quantitative estimate of drug-likeness (QED) is 0.730. The summed E-state index contributed by atoms with van der Waals surface area (Å²) < 4.78 is 0. The number of hydrogen-bond acceptors (Lipinski definition) is 2. The minimum absolute atomic E-state index is 0.492. The van der Waals surface area contributed by atoms with Gasteiger partial charge < -0.3 is 5.11 Å². The lowest BCUT2D eigenvalue weighted by atomic mass is 10.1. The van der Waals surface area contributed by atoms with Gasteiger partial charge in [-0.2, -0.15) is 0 Å². The van der Waals surface area contributed by atoms with E-state index in [1.807, 2.05) is 0 Å². The maximum absolute atomic E-state index is 9.52. The van der Waals surface area contributed by atoms with E-state index in [1.54, 1.807) is 18.3 Å². The van der Waals surface area contributed by atoms with Crippen LogP contribution in [0.2, 0.25) is 5.02 Å². The van der Waals surface area contributed by atoms with Crippen molar-refractivity contribution in [2.45, 2.75) is 12.5 Å². The van der Waals surface area contributed by atoms with E-state index in [0.29, 0.717) is 17.0 Å². The van der Waals surface area contributed by atoms with Gasteiger partial charge in [-0.1, -0.05) is 17.7 Å². The van der Waals surface area contributed by atoms with Gasteiger partial charge in [0, 0.05) is 18.0 Å². The Morgan fingerprint density at radius 2 is 2.50 bits per heavy atom. The molecule has 0 radical (unpaired) electrons. The summed E-state index contributed by atoms with van der Waals surface area (Å²) in [5.74, 6) is 0. The van der Waals surface area contributed by atoms with Crippen LogP contribution in [0.25, 0.3) is 0 Å². The van der Waals surface area contributed by atoms with Gasteiger partial charge in [0.25, 0.3) is 0 Å². The average molecular weight is 184 g/mol. The first-order valence-electron chi connectivity index (χ1n) is 3.64. The number of pyridine rings is 1. The van der Waals surface area contributed by atoms with Crippen LogP contribution in [0.15, 0.2) is 31.1 Å². The number of aliphatic hydroxyl groups is 1. The molecule has 0 spiro atoms. The first-order valence-corrected chi connectivity index (χ1v) is 4.02. The molecule has 0 saturated carbocycles. The second-order valence-corrected chi connectivity index (χ2v) is 2.84. The molecule has 0 bridgehead atoms. The molecule has 0 aromatic carbocycles. The third-order valence-corrected chi connectivity index (χ3v) is 1.87. The number of hydrogen-bond donors (Lipinski definition) is 1. The third-order valence-electron chi connectivity index (χ3n) is 1.55. The number of nitrogens with zero attached hydrogens (tertiary/aromatic N) is 1. The van der Waals surface area contributed by atoms with Crippen molar-refractivity contribution >= 4 is 11.6 Å². The van der Waals surface area contributed by atoms with Crippen LogP contribution in [0.4, 0.5) is 0 Å². The van der Waals surface area contributed by atoms with Crippen molar-refractivity contribution < 1.29 is 5.11 Å². The maximum Gasteiger partial charge on any atom is 0.0839 e. The second-order valence-electron chi connectivity index (χ2n) is 2.44. The second kappa shape index (κ2) is 4.24. The molecule has 1 aromatic heterocycles. The molecule has 0 aliphatic heterocycles. The normalized spacial score (nSPS) is 12.5. The molecule has 0 aliphatic rings. The summed E-state index contributed by atoms with van der Waals surface area (Å²) in [6.45, 7) is 3.54. The highest BCUT2D eigenvalue weighted by molar-refractivity contribution is 6.31. The topological polar surface area (TPSA) is 33.1 Å². The molecule has 1 heterocycles. The van der Waals surface area contributed by atoms with Gasteiger partial charge >= 0.3 is 0 Å². The van der Waals surface area contributed by atoms with E-state index < -0.39 is 6.10 Å². The summed E-state index contributed by atoms with van der Waals surface area (Å²) in [4.78, 5) is 3.82. The van der Waals surface area contributed by atoms with Crippen molar-refractivity contribution in [3.63, 3.8) is 0 Å². The molecule has 2 nitrogen and oxygen atoms in total. The van der Waals surface area contributed by atoms with Crippen LogP contribution in [0.3, 0.4) is 0 Å². The van der Waals surface area contributed by atoms with E-state index in [0.717, 1.165) is 0 Å². The Balaban J connectivity index is 2.86. The Hall–Kier alpha value is -0.860. The predicted molar refractivity (Wildman–Crippen MR) is 49.0 cm³/mol. The van der Waals surface area contributed by atoms with Crippen molar-refractivity contribution in [2.24, 2.45) is 0 Å². The molecule has 1 rings (SSSR count). The monoisotopic (exact) mass is 183 g/mol. The van der Waals surface area contributed by atoms with Crippen molar-refractivity contribution in [1.29, 1.82) is 0 Å². The summed E-state index contributed by atoms with van der Waals surface area (Å²) in [7, 11) is 0. The van der Waals surface area contributed by atoms with Crippen molar-refractivity contribution in [3.05, 3.63) is 41.7 Å². The first kappa shape index (κ1) is 9.23. The standard InChI is InChI=1S/C9H10ClNO/c1-2-3-9(12)7-4-5-11-6-8(7)10/h2,4-6,9,12H,1,3H2. The molecular weight excluding hydrogens is 174 g/mol. The van der Waals surface area contributed by atoms with Gasteiger partial charge in [0.1, 0.15) is 0 Å². The Morgan fingerprint density at radius 3 is 3.08 bits per heavy atom. The van der Waals surface area contributed by atoms with E-state index in [9.17, 15) is 5.11 Å². The highest BCUT2D eigenvalue weighted by atomic mass is 35.5. The number of rotatable bonds is 3. The van der Waals surface area contributed by atoms with E-state index >= 15 is 0 Å². The Labute approximate surface area is 76.5 Å². The Bertz CT molecular complexity index is 275. The molecule has 1 aromatic rings. The van der Waals surface area contributed by atoms with Gasteiger partial charge in [-0.3, -0.25) is 4.98 Å². The number of halogens is 1. The molecule has 64 valence electrons. The summed E-state index contributed by atoms with van der Waals surface area (Å²) in [5.41, 5.74) is 0.701. The van der Waals surface area contributed by atoms with Gasteiger partial charge in [0.15, 0.2) is 0 Å². The zero-order valence-corrected chi connectivity index (χ0v) is 7.33. The SMILES string of the molecule is C=CCC(O)c1ccncc1Cl. The van der Waals surface area contributed by atoms with E-state index in [2.05, 4.69) is 11.6 Å². The van der Waals surface area contributed by atoms with Crippen LogP contribution in [-0.4, -0.2) is 10.1 Å². The van der Waals surface area contributed by atoms with E-state index in [-0.39, 0.29) is 0 Å². The minimum Gasteiger partial charge on any atom is -0.388 e.